The minimum Gasteiger partial charge on any atom is -0.250 e. The lowest BCUT2D eigenvalue weighted by atomic mass is 9.73. The predicted octanol–water partition coefficient (Wildman–Crippen LogP) is 2.54. The Hall–Kier alpha value is -0.265. The van der Waals surface area contributed by atoms with E-state index >= 15 is 0 Å². The summed E-state index contributed by atoms with van der Waals surface area (Å²) in [6.07, 6.45) is 1.75. The molecule has 0 radical (unpaired) electrons. The van der Waals surface area contributed by atoms with Gasteiger partial charge in [-0.15, -0.1) is 0 Å². The van der Waals surface area contributed by atoms with Crippen LogP contribution in [0.15, 0.2) is 11.6 Å². The van der Waals surface area contributed by atoms with E-state index in [0.29, 0.717) is 5.92 Å². The second-order valence-corrected chi connectivity index (χ2v) is 4.35. The van der Waals surface area contributed by atoms with E-state index in [0.717, 1.165) is 5.57 Å². The van der Waals surface area contributed by atoms with Gasteiger partial charge in [-0.2, -0.15) is 0 Å². The van der Waals surface area contributed by atoms with Crippen molar-refractivity contribution in [3.8, 4) is 0 Å². The fourth-order valence-corrected chi connectivity index (χ4v) is 0.779. The molecule has 12 heavy (non-hydrogen) atoms. The van der Waals surface area contributed by atoms with Crippen molar-refractivity contribution in [2.24, 2.45) is 11.8 Å². The van der Waals surface area contributed by atoms with E-state index in [1.54, 1.807) is 13.9 Å². The molecule has 0 bridgehead atoms. The Morgan fingerprint density at radius 1 is 1.33 bits per heavy atom. The summed E-state index contributed by atoms with van der Waals surface area (Å²) in [7, 11) is 1.64. The highest BCUT2D eigenvalue weighted by molar-refractivity contribution is 6.16. The molecule has 0 aromatic carbocycles. The molecule has 0 aromatic rings. The first-order valence-corrected chi connectivity index (χ1v) is 4.65. The zero-order valence-electron chi connectivity index (χ0n) is 9.11. The molecule has 0 aliphatic rings. The lowest BCUT2D eigenvalue weighted by Gasteiger charge is -2.22. The predicted molar refractivity (Wildman–Crippen MR) is 55.8 cm³/mol. The van der Waals surface area contributed by atoms with Crippen molar-refractivity contribution in [2.45, 2.75) is 40.2 Å². The van der Waals surface area contributed by atoms with Crippen molar-refractivity contribution in [3.63, 3.8) is 0 Å². The number of rotatable bonds is 3. The number of hydrogen-bond donors (Lipinski definition) is 0. The van der Waals surface area contributed by atoms with E-state index < -0.39 is 5.57 Å². The number of alkyl halides is 1. The Bertz CT molecular complexity index is 169. The van der Waals surface area contributed by atoms with Crippen LogP contribution in [0.3, 0.4) is 0 Å². The van der Waals surface area contributed by atoms with E-state index in [2.05, 4.69) is 13.8 Å². The molecule has 2 heteroatoms. The maximum atomic E-state index is 13.7. The van der Waals surface area contributed by atoms with Crippen molar-refractivity contribution in [3.05, 3.63) is 11.6 Å². The van der Waals surface area contributed by atoms with Gasteiger partial charge in [0.25, 0.3) is 0 Å². The van der Waals surface area contributed by atoms with Gasteiger partial charge in [0, 0.05) is 0 Å². The van der Waals surface area contributed by atoms with E-state index in [1.165, 1.54) is 0 Å². The fraction of sp³-hybridized carbons (Fsp3) is 0.800. The molecule has 1 atom stereocenters. The third-order valence-corrected chi connectivity index (χ3v) is 2.55. The summed E-state index contributed by atoms with van der Waals surface area (Å²) in [5.74, 6) is 0.491. The average Bonchev–Trinajstić information content (AvgIpc) is 1.85. The van der Waals surface area contributed by atoms with Gasteiger partial charge in [-0.1, -0.05) is 39.3 Å². The molecule has 0 amide bonds. The normalized spacial score (nSPS) is 18.5. The van der Waals surface area contributed by atoms with E-state index in [-0.39, 0.29) is 5.92 Å². The summed E-state index contributed by atoms with van der Waals surface area (Å²) in [5.41, 5.74) is -0.0253. The summed E-state index contributed by atoms with van der Waals surface area (Å²) in [5, 5.41) is 0. The zero-order valence-corrected chi connectivity index (χ0v) is 9.11. The van der Waals surface area contributed by atoms with Gasteiger partial charge < -0.3 is 0 Å². The molecule has 0 heterocycles. The second-order valence-electron chi connectivity index (χ2n) is 4.35. The molecule has 0 aromatic heterocycles. The van der Waals surface area contributed by atoms with Gasteiger partial charge in [-0.3, -0.25) is 0 Å². The van der Waals surface area contributed by atoms with Crippen LogP contribution in [0.2, 0.25) is 0 Å². The van der Waals surface area contributed by atoms with Crippen LogP contribution in [-0.2, 0) is 0 Å². The quantitative estimate of drug-likeness (QED) is 0.451. The van der Waals surface area contributed by atoms with Crippen molar-refractivity contribution in [2.75, 3.05) is 0 Å². The van der Waals surface area contributed by atoms with Crippen LogP contribution in [-0.4, -0.2) is 13.4 Å². The van der Waals surface area contributed by atoms with Crippen molar-refractivity contribution < 1.29 is 4.39 Å². The van der Waals surface area contributed by atoms with Gasteiger partial charge in [0.15, 0.2) is 7.85 Å². The number of halogens is 1. The molecule has 0 aliphatic heterocycles. The lowest BCUT2D eigenvalue weighted by Crippen LogP contribution is -2.28. The first-order chi connectivity index (χ1) is 5.27. The number of hydrogen-bond acceptors (Lipinski definition) is 0. The molecule has 0 nitrogen and oxygen atoms in total. The van der Waals surface area contributed by atoms with Crippen LogP contribution in [0.4, 0.5) is 4.39 Å². The van der Waals surface area contributed by atoms with Crippen molar-refractivity contribution in [1.82, 2.24) is 0 Å². The topological polar surface area (TPSA) is 0 Å². The van der Waals surface area contributed by atoms with Crippen molar-refractivity contribution in [1.29, 1.82) is 0 Å². The van der Waals surface area contributed by atoms with Crippen LogP contribution in [0, 0.1) is 11.8 Å². The van der Waals surface area contributed by atoms with Crippen LogP contribution in [0.5, 0.6) is 0 Å². The van der Waals surface area contributed by atoms with Gasteiger partial charge >= 0.3 is 0 Å². The SMILES string of the molecule is BC(F)(/C=C(\C)C(C)C)C(C)C. The molecular weight excluding hydrogens is 150 g/mol. The summed E-state index contributed by atoms with van der Waals surface area (Å²) in [4.78, 5) is 0. The third-order valence-electron chi connectivity index (χ3n) is 2.55. The molecular formula is C10H20BF. The fourth-order valence-electron chi connectivity index (χ4n) is 0.779. The maximum absolute atomic E-state index is 13.7. The Morgan fingerprint density at radius 2 is 1.75 bits per heavy atom. The largest absolute Gasteiger partial charge is 0.250 e. The van der Waals surface area contributed by atoms with Gasteiger partial charge in [0.1, 0.15) is 0 Å². The average molecular weight is 170 g/mol. The Balaban J connectivity index is 4.50. The maximum Gasteiger partial charge on any atom is 0.155 e. The molecule has 0 spiro atoms. The molecule has 0 saturated carbocycles. The highest BCUT2D eigenvalue weighted by atomic mass is 19.1. The van der Waals surface area contributed by atoms with Crippen molar-refractivity contribution >= 4 is 7.85 Å². The first-order valence-electron chi connectivity index (χ1n) is 4.65. The Labute approximate surface area is 76.7 Å². The molecule has 0 rings (SSSR count). The molecule has 1 unspecified atom stereocenters. The highest BCUT2D eigenvalue weighted by Gasteiger charge is 2.24. The van der Waals surface area contributed by atoms with Gasteiger partial charge in [-0.25, -0.2) is 4.39 Å². The molecule has 0 saturated heterocycles. The smallest absolute Gasteiger partial charge is 0.155 e. The summed E-state index contributed by atoms with van der Waals surface area (Å²) in [6.45, 7) is 9.98. The van der Waals surface area contributed by atoms with Crippen LogP contribution < -0.4 is 0 Å². The summed E-state index contributed by atoms with van der Waals surface area (Å²) < 4.78 is 13.7. The molecule has 0 aliphatic carbocycles. The lowest BCUT2D eigenvalue weighted by molar-refractivity contribution is 0.260. The minimum atomic E-state index is -1.16. The van der Waals surface area contributed by atoms with Crippen LogP contribution in [0.1, 0.15) is 34.6 Å². The van der Waals surface area contributed by atoms with E-state index in [9.17, 15) is 4.39 Å². The van der Waals surface area contributed by atoms with Gasteiger partial charge in [-0.05, 0) is 18.8 Å². The highest BCUT2D eigenvalue weighted by Crippen LogP contribution is 2.23. The number of allylic oxidation sites excluding steroid dienone is 2. The van der Waals surface area contributed by atoms with Crippen LogP contribution in [0.25, 0.3) is 0 Å². The molecule has 0 N–H and O–H groups in total. The molecule has 70 valence electrons. The standard InChI is InChI=1S/C10H20BF/c1-7(2)9(5)6-10(11,12)8(3)4/h6-8H,11H2,1-5H3/b9-6+. The first kappa shape index (κ1) is 11.7. The monoisotopic (exact) mass is 170 g/mol. The van der Waals surface area contributed by atoms with Gasteiger partial charge in [0.05, 0.1) is 5.57 Å². The minimum absolute atomic E-state index is 0.0474. The molecule has 0 fully saturated rings. The second kappa shape index (κ2) is 4.11. The third kappa shape index (κ3) is 3.42. The zero-order chi connectivity index (χ0) is 9.94. The Morgan fingerprint density at radius 3 is 2.00 bits per heavy atom. The van der Waals surface area contributed by atoms with Crippen LogP contribution >= 0.6 is 0 Å². The summed E-state index contributed by atoms with van der Waals surface area (Å²) >= 11 is 0. The summed E-state index contributed by atoms with van der Waals surface area (Å²) in [6, 6.07) is 0. The van der Waals surface area contributed by atoms with Gasteiger partial charge in [0.2, 0.25) is 0 Å². The Kier molecular flexibility index (Phi) is 4.02. The van der Waals surface area contributed by atoms with E-state index in [4.69, 9.17) is 0 Å². The van der Waals surface area contributed by atoms with E-state index in [1.807, 2.05) is 20.8 Å².